The summed E-state index contributed by atoms with van der Waals surface area (Å²) in [6, 6.07) is 9.06. The van der Waals surface area contributed by atoms with Crippen LogP contribution in [0, 0.1) is 11.2 Å². The molecule has 2 aliphatic rings. The number of halogens is 4. The van der Waals surface area contributed by atoms with Crippen LogP contribution in [-0.4, -0.2) is 51.3 Å². The second-order valence-corrected chi connectivity index (χ2v) is 11.8. The molecule has 2 aromatic heterocycles. The van der Waals surface area contributed by atoms with Gasteiger partial charge in [0, 0.05) is 25.5 Å². The van der Waals surface area contributed by atoms with Crippen LogP contribution in [0.2, 0.25) is 0 Å². The van der Waals surface area contributed by atoms with E-state index >= 15 is 0 Å². The summed E-state index contributed by atoms with van der Waals surface area (Å²) in [5.41, 5.74) is 0.381. The zero-order chi connectivity index (χ0) is 29.0. The number of aromatic nitrogens is 4. The summed E-state index contributed by atoms with van der Waals surface area (Å²) in [7, 11) is -4.25. The Labute approximate surface area is 232 Å². The first-order valence-electron chi connectivity index (χ1n) is 12.5. The van der Waals surface area contributed by atoms with Crippen LogP contribution in [0.5, 0.6) is 0 Å². The largest absolute Gasteiger partial charge is 0.416 e. The fourth-order valence-electron chi connectivity index (χ4n) is 5.44. The van der Waals surface area contributed by atoms with E-state index in [9.17, 15) is 30.8 Å². The van der Waals surface area contributed by atoms with Gasteiger partial charge in [-0.15, -0.1) is 0 Å². The fraction of sp³-hybridized carbons (Fsp3) is 0.214. The topological polar surface area (TPSA) is 98.1 Å². The molecule has 1 saturated heterocycles. The van der Waals surface area contributed by atoms with Crippen LogP contribution in [0.3, 0.4) is 0 Å². The first-order chi connectivity index (χ1) is 19.5. The highest BCUT2D eigenvalue weighted by Gasteiger charge is 2.51. The molecule has 41 heavy (non-hydrogen) atoms. The Morgan fingerprint density at radius 2 is 1.71 bits per heavy atom. The Kier molecular flexibility index (Phi) is 6.38. The maximum atomic E-state index is 14.1. The van der Waals surface area contributed by atoms with Crippen LogP contribution in [0.15, 0.2) is 83.8 Å². The lowest BCUT2D eigenvalue weighted by Gasteiger charge is -2.44. The lowest BCUT2D eigenvalue weighted by molar-refractivity contribution is -0.137. The predicted molar refractivity (Wildman–Crippen MR) is 139 cm³/mol. The maximum absolute atomic E-state index is 14.1. The number of carbonyl (C=O) groups is 1. The van der Waals surface area contributed by atoms with E-state index in [-0.39, 0.29) is 36.5 Å². The number of carbonyl (C=O) groups excluding carboxylic acids is 1. The first kappa shape index (κ1) is 27.0. The van der Waals surface area contributed by atoms with Gasteiger partial charge in [0.25, 0.3) is 0 Å². The minimum Gasteiger partial charge on any atom is -0.291 e. The molecule has 0 amide bonds. The number of Topliss-reactive ketones (excluding diaryl/α,β-unsaturated/α-hetero) is 1. The normalized spacial score (nSPS) is 19.3. The zero-order valence-corrected chi connectivity index (χ0v) is 22.0. The molecule has 1 fully saturated rings. The number of alkyl halides is 3. The second-order valence-electron chi connectivity index (χ2n) is 9.90. The van der Waals surface area contributed by atoms with Gasteiger partial charge in [0.2, 0.25) is 10.0 Å². The number of ketones is 1. The van der Waals surface area contributed by atoms with Gasteiger partial charge >= 0.3 is 6.18 Å². The third-order valence-corrected chi connectivity index (χ3v) is 9.36. The quantitative estimate of drug-likeness (QED) is 0.249. The predicted octanol–water partition coefficient (Wildman–Crippen LogP) is 4.72. The number of piperidine rings is 1. The van der Waals surface area contributed by atoms with Gasteiger partial charge in [0.15, 0.2) is 5.78 Å². The van der Waals surface area contributed by atoms with Gasteiger partial charge in [-0.2, -0.15) is 22.6 Å². The lowest BCUT2D eigenvalue weighted by Crippen LogP contribution is -2.53. The van der Waals surface area contributed by atoms with E-state index in [4.69, 9.17) is 0 Å². The Bertz CT molecular complexity index is 1770. The van der Waals surface area contributed by atoms with E-state index in [0.29, 0.717) is 22.5 Å². The minimum absolute atomic E-state index is 0.00467. The van der Waals surface area contributed by atoms with E-state index in [2.05, 4.69) is 15.1 Å². The van der Waals surface area contributed by atoms with E-state index in [1.165, 1.54) is 30.7 Å². The molecule has 4 aromatic rings. The molecule has 0 N–H and O–H groups in total. The molecule has 0 bridgehead atoms. The number of nitrogens with zero attached hydrogens (tertiary/aromatic N) is 5. The van der Waals surface area contributed by atoms with Gasteiger partial charge in [-0.05, 0) is 73.0 Å². The number of sulfonamides is 1. The van der Waals surface area contributed by atoms with Gasteiger partial charge in [0.1, 0.15) is 11.5 Å². The molecular formula is C28H21F4N5O3S. The van der Waals surface area contributed by atoms with Gasteiger partial charge in [0.05, 0.1) is 39.6 Å². The van der Waals surface area contributed by atoms with Crippen molar-refractivity contribution < 1.29 is 30.8 Å². The standard InChI is InChI=1S/C28H21F4N5O3S/c29-21-3-5-22(6-4-21)37-25-13-20-9-12-36(41(39,40)23-7-1-19(2-8-23)28(30,31)32)17-27(20,14-18(25)15-35-37)26(38)24-16-33-10-11-34-24/h1-8,10-11,13,15-16H,9,12,14,17H2/t27-/m0/s1. The molecule has 0 saturated carbocycles. The molecule has 1 atom stereocenters. The van der Waals surface area contributed by atoms with Crippen molar-refractivity contribution in [3.05, 3.63) is 107 Å². The van der Waals surface area contributed by atoms with Gasteiger partial charge in [-0.25, -0.2) is 22.5 Å². The van der Waals surface area contributed by atoms with Crippen LogP contribution >= 0.6 is 0 Å². The van der Waals surface area contributed by atoms with Crippen LogP contribution in [-0.2, 0) is 22.6 Å². The summed E-state index contributed by atoms with van der Waals surface area (Å²) < 4.78 is 82.7. The highest BCUT2D eigenvalue weighted by molar-refractivity contribution is 7.89. The Morgan fingerprint density at radius 3 is 2.37 bits per heavy atom. The van der Waals surface area contributed by atoms with Gasteiger partial charge < -0.3 is 0 Å². The Morgan fingerprint density at radius 1 is 0.976 bits per heavy atom. The van der Waals surface area contributed by atoms with Crippen molar-refractivity contribution in [1.82, 2.24) is 24.1 Å². The molecule has 1 aliphatic heterocycles. The summed E-state index contributed by atoms with van der Waals surface area (Å²) in [6.07, 6.45) is 3.16. The molecule has 13 heteroatoms. The van der Waals surface area contributed by atoms with E-state index in [1.807, 2.05) is 6.08 Å². The summed E-state index contributed by atoms with van der Waals surface area (Å²) >= 11 is 0. The molecule has 0 spiro atoms. The number of benzene rings is 2. The first-order valence-corrected chi connectivity index (χ1v) is 14.0. The van der Waals surface area contributed by atoms with Crippen LogP contribution in [0.4, 0.5) is 17.6 Å². The third kappa shape index (κ3) is 4.64. The average molecular weight is 584 g/mol. The summed E-state index contributed by atoms with van der Waals surface area (Å²) in [5.74, 6) is -0.826. The molecular weight excluding hydrogens is 562 g/mol. The van der Waals surface area contributed by atoms with Crippen molar-refractivity contribution in [2.75, 3.05) is 13.1 Å². The highest BCUT2D eigenvalue weighted by Crippen LogP contribution is 2.47. The molecule has 3 heterocycles. The zero-order valence-electron chi connectivity index (χ0n) is 21.2. The molecule has 0 radical (unpaired) electrons. The van der Waals surface area contributed by atoms with Crippen molar-refractivity contribution in [1.29, 1.82) is 0 Å². The van der Waals surface area contributed by atoms with Crippen molar-refractivity contribution in [3.63, 3.8) is 0 Å². The third-order valence-electron chi connectivity index (χ3n) is 7.50. The van der Waals surface area contributed by atoms with Crippen molar-refractivity contribution in [2.24, 2.45) is 5.41 Å². The van der Waals surface area contributed by atoms with E-state index in [0.717, 1.165) is 28.6 Å². The second kappa shape index (κ2) is 9.70. The maximum Gasteiger partial charge on any atom is 0.416 e. The Hall–Kier alpha value is -4.23. The number of hydrogen-bond acceptors (Lipinski definition) is 6. The Balaban J connectivity index is 1.41. The van der Waals surface area contributed by atoms with Crippen molar-refractivity contribution in [3.8, 4) is 5.69 Å². The molecule has 8 nitrogen and oxygen atoms in total. The summed E-state index contributed by atoms with van der Waals surface area (Å²) in [6.45, 7) is -0.247. The monoisotopic (exact) mass is 583 g/mol. The average Bonchev–Trinajstić information content (AvgIpc) is 3.37. The SMILES string of the molecule is O=C(c1cnccn1)[C@]12Cc3cnn(-c4ccc(F)cc4)c3C=C1CCN(S(=O)(=O)c1ccc(C(F)(F)F)cc1)C2. The fourth-order valence-corrected chi connectivity index (χ4v) is 6.94. The smallest absolute Gasteiger partial charge is 0.291 e. The molecule has 6 rings (SSSR count). The van der Waals surface area contributed by atoms with Crippen molar-refractivity contribution in [2.45, 2.75) is 23.9 Å². The molecule has 210 valence electrons. The van der Waals surface area contributed by atoms with Gasteiger partial charge in [-0.3, -0.25) is 9.78 Å². The van der Waals surface area contributed by atoms with E-state index in [1.54, 1.807) is 23.0 Å². The van der Waals surface area contributed by atoms with Crippen LogP contribution < -0.4 is 0 Å². The summed E-state index contributed by atoms with van der Waals surface area (Å²) in [5, 5.41) is 4.45. The van der Waals surface area contributed by atoms with Crippen LogP contribution in [0.1, 0.15) is 33.7 Å². The number of hydrogen-bond donors (Lipinski definition) is 0. The van der Waals surface area contributed by atoms with Crippen LogP contribution in [0.25, 0.3) is 11.8 Å². The van der Waals surface area contributed by atoms with Gasteiger partial charge in [-0.1, -0.05) is 5.57 Å². The highest BCUT2D eigenvalue weighted by atomic mass is 32.2. The number of rotatable bonds is 5. The minimum atomic E-state index is -4.61. The molecule has 0 unspecified atom stereocenters. The number of fused-ring (bicyclic) bond motifs is 2. The summed E-state index contributed by atoms with van der Waals surface area (Å²) in [4.78, 5) is 21.9. The molecule has 2 aromatic carbocycles. The molecule has 1 aliphatic carbocycles. The van der Waals surface area contributed by atoms with Crippen molar-refractivity contribution >= 4 is 21.9 Å². The van der Waals surface area contributed by atoms with E-state index < -0.39 is 38.8 Å². The lowest BCUT2D eigenvalue weighted by atomic mass is 9.65.